The number of nitrogens with one attached hydrogen (secondary N) is 2. The van der Waals surface area contributed by atoms with Gasteiger partial charge in [0.15, 0.2) is 5.69 Å². The molecule has 7 heteroatoms. The van der Waals surface area contributed by atoms with Gasteiger partial charge < -0.3 is 15.4 Å². The van der Waals surface area contributed by atoms with Crippen LogP contribution in [0.1, 0.15) is 21.6 Å². The zero-order chi connectivity index (χ0) is 19.2. The lowest BCUT2D eigenvalue weighted by Gasteiger charge is -2.08. The molecular weight excluding hydrogens is 364 g/mol. The van der Waals surface area contributed by atoms with E-state index in [0.717, 1.165) is 5.56 Å². The quantitative estimate of drug-likeness (QED) is 0.664. The Bertz CT molecular complexity index is 945. The Kier molecular flexibility index (Phi) is 5.88. The first kappa shape index (κ1) is 18.7. The first-order valence-electron chi connectivity index (χ1n) is 8.33. The number of aryl methyl sites for hydroxylation is 1. The van der Waals surface area contributed by atoms with Gasteiger partial charge in [-0.05, 0) is 42.8 Å². The third kappa shape index (κ3) is 4.95. The maximum Gasteiger partial charge on any atom is 0.276 e. The molecule has 0 aliphatic carbocycles. The van der Waals surface area contributed by atoms with Crippen molar-refractivity contribution in [3.05, 3.63) is 76.4 Å². The molecule has 2 N–H and O–H groups in total. The van der Waals surface area contributed by atoms with Crippen molar-refractivity contribution in [1.29, 1.82) is 0 Å². The third-order valence-electron chi connectivity index (χ3n) is 3.86. The van der Waals surface area contributed by atoms with Crippen LogP contribution in [0, 0.1) is 6.92 Å². The summed E-state index contributed by atoms with van der Waals surface area (Å²) in [6.07, 6.45) is 0. The summed E-state index contributed by atoms with van der Waals surface area (Å²) in [5, 5.41) is 14.4. The van der Waals surface area contributed by atoms with E-state index in [-0.39, 0.29) is 11.6 Å². The number of benzene rings is 2. The number of amides is 1. The molecule has 1 heterocycles. The second-order valence-corrected chi connectivity index (χ2v) is 6.36. The van der Waals surface area contributed by atoms with Gasteiger partial charge in [0, 0.05) is 12.2 Å². The zero-order valence-corrected chi connectivity index (χ0v) is 15.7. The molecule has 1 amide bonds. The molecule has 0 aliphatic heterocycles. The van der Waals surface area contributed by atoms with Crippen LogP contribution in [0.2, 0.25) is 5.02 Å². The summed E-state index contributed by atoms with van der Waals surface area (Å²) < 4.78 is 5.09. The summed E-state index contributed by atoms with van der Waals surface area (Å²) in [6.45, 7) is 2.68. The Morgan fingerprint density at radius 2 is 1.96 bits per heavy atom. The Hall–Kier alpha value is -3.12. The molecule has 0 atom stereocenters. The van der Waals surface area contributed by atoms with Gasteiger partial charge in [-0.3, -0.25) is 4.79 Å². The second-order valence-electron chi connectivity index (χ2n) is 5.95. The number of anilines is 2. The minimum Gasteiger partial charge on any atom is -0.495 e. The van der Waals surface area contributed by atoms with Crippen LogP contribution in [-0.4, -0.2) is 23.2 Å². The van der Waals surface area contributed by atoms with E-state index in [0.29, 0.717) is 28.8 Å². The van der Waals surface area contributed by atoms with E-state index < -0.39 is 0 Å². The Balaban J connectivity index is 1.60. The lowest BCUT2D eigenvalue weighted by atomic mass is 10.1. The summed E-state index contributed by atoms with van der Waals surface area (Å²) in [5.41, 5.74) is 3.11. The predicted octanol–water partition coefficient (Wildman–Crippen LogP) is 4.31. The van der Waals surface area contributed by atoms with Crippen molar-refractivity contribution in [2.45, 2.75) is 13.5 Å². The highest BCUT2D eigenvalue weighted by atomic mass is 35.5. The van der Waals surface area contributed by atoms with Crippen molar-refractivity contribution >= 4 is 29.0 Å². The maximum atomic E-state index is 12.3. The number of carbonyl (C=O) groups excluding carboxylic acids is 1. The summed E-state index contributed by atoms with van der Waals surface area (Å²) in [4.78, 5) is 12.3. The van der Waals surface area contributed by atoms with Crippen molar-refractivity contribution < 1.29 is 9.53 Å². The van der Waals surface area contributed by atoms with Crippen molar-refractivity contribution in [3.8, 4) is 5.75 Å². The molecule has 138 valence electrons. The topological polar surface area (TPSA) is 76.1 Å². The fraction of sp³-hybridized carbons (Fsp3) is 0.150. The SMILES string of the molecule is COc1ccc(NC(=O)c2ccc(NCc3cccc(C)c3)nn2)cc1Cl. The van der Waals surface area contributed by atoms with Gasteiger partial charge >= 0.3 is 0 Å². The van der Waals surface area contributed by atoms with Gasteiger partial charge in [0.25, 0.3) is 5.91 Å². The fourth-order valence-corrected chi connectivity index (χ4v) is 2.76. The molecule has 6 nitrogen and oxygen atoms in total. The number of rotatable bonds is 6. The van der Waals surface area contributed by atoms with Crippen molar-refractivity contribution in [3.63, 3.8) is 0 Å². The first-order chi connectivity index (χ1) is 13.0. The number of nitrogens with zero attached hydrogens (tertiary/aromatic N) is 2. The van der Waals surface area contributed by atoms with E-state index in [1.807, 2.05) is 25.1 Å². The number of carbonyl (C=O) groups is 1. The van der Waals surface area contributed by atoms with E-state index in [1.54, 1.807) is 30.3 Å². The van der Waals surface area contributed by atoms with Gasteiger partial charge in [0.1, 0.15) is 11.6 Å². The largest absolute Gasteiger partial charge is 0.495 e. The molecule has 3 aromatic rings. The zero-order valence-electron chi connectivity index (χ0n) is 15.0. The van der Waals surface area contributed by atoms with Crippen LogP contribution >= 0.6 is 11.6 Å². The highest BCUT2D eigenvalue weighted by Gasteiger charge is 2.10. The molecule has 0 aliphatic rings. The molecule has 0 unspecified atom stereocenters. The molecule has 0 spiro atoms. The molecule has 0 saturated carbocycles. The Morgan fingerprint density at radius 1 is 1.11 bits per heavy atom. The minimum absolute atomic E-state index is 0.211. The van der Waals surface area contributed by atoms with Crippen LogP contribution in [0.25, 0.3) is 0 Å². The van der Waals surface area contributed by atoms with Gasteiger partial charge in [0.2, 0.25) is 0 Å². The van der Waals surface area contributed by atoms with E-state index in [1.165, 1.54) is 12.7 Å². The maximum absolute atomic E-state index is 12.3. The lowest BCUT2D eigenvalue weighted by molar-refractivity contribution is 0.102. The van der Waals surface area contributed by atoms with E-state index in [9.17, 15) is 4.79 Å². The lowest BCUT2D eigenvalue weighted by Crippen LogP contribution is -2.15. The van der Waals surface area contributed by atoms with Crippen molar-refractivity contribution in [2.75, 3.05) is 17.7 Å². The van der Waals surface area contributed by atoms with Crippen LogP contribution in [0.15, 0.2) is 54.6 Å². The molecule has 0 bridgehead atoms. The standard InChI is InChI=1S/C20H19ClN4O2/c1-13-4-3-5-14(10-13)12-22-19-9-7-17(24-25-19)20(26)23-15-6-8-18(27-2)16(21)11-15/h3-11H,12H2,1-2H3,(H,22,25)(H,23,26). The number of hydrogen-bond donors (Lipinski definition) is 2. The van der Waals surface area contributed by atoms with E-state index in [4.69, 9.17) is 16.3 Å². The van der Waals surface area contributed by atoms with Crippen LogP contribution in [-0.2, 0) is 6.54 Å². The summed E-state index contributed by atoms with van der Waals surface area (Å²) in [5.74, 6) is 0.771. The highest BCUT2D eigenvalue weighted by Crippen LogP contribution is 2.27. The number of hydrogen-bond acceptors (Lipinski definition) is 5. The fourth-order valence-electron chi connectivity index (χ4n) is 2.50. The van der Waals surface area contributed by atoms with Gasteiger partial charge in [-0.2, -0.15) is 0 Å². The van der Waals surface area contributed by atoms with Crippen LogP contribution < -0.4 is 15.4 Å². The predicted molar refractivity (Wildman–Crippen MR) is 106 cm³/mol. The highest BCUT2D eigenvalue weighted by molar-refractivity contribution is 6.32. The van der Waals surface area contributed by atoms with Crippen molar-refractivity contribution in [2.24, 2.45) is 0 Å². The molecule has 0 radical (unpaired) electrons. The molecule has 27 heavy (non-hydrogen) atoms. The van der Waals surface area contributed by atoms with Crippen LogP contribution in [0.4, 0.5) is 11.5 Å². The van der Waals surface area contributed by atoms with Gasteiger partial charge in [-0.15, -0.1) is 10.2 Å². The van der Waals surface area contributed by atoms with Gasteiger partial charge in [-0.25, -0.2) is 0 Å². The average Bonchev–Trinajstić information content (AvgIpc) is 2.67. The van der Waals surface area contributed by atoms with Crippen molar-refractivity contribution in [1.82, 2.24) is 10.2 Å². The number of ether oxygens (including phenoxy) is 1. The number of methoxy groups -OCH3 is 1. The van der Waals surface area contributed by atoms with Crippen LogP contribution in [0.3, 0.4) is 0 Å². The molecule has 3 rings (SSSR count). The minimum atomic E-state index is -0.367. The van der Waals surface area contributed by atoms with E-state index >= 15 is 0 Å². The monoisotopic (exact) mass is 382 g/mol. The summed E-state index contributed by atoms with van der Waals surface area (Å²) >= 11 is 6.06. The number of halogens is 1. The average molecular weight is 383 g/mol. The smallest absolute Gasteiger partial charge is 0.276 e. The first-order valence-corrected chi connectivity index (χ1v) is 8.71. The normalized spacial score (nSPS) is 10.3. The molecule has 0 fully saturated rings. The van der Waals surface area contributed by atoms with Gasteiger partial charge in [-0.1, -0.05) is 41.4 Å². The molecule has 0 saturated heterocycles. The number of aromatic nitrogens is 2. The third-order valence-corrected chi connectivity index (χ3v) is 4.16. The molecule has 2 aromatic carbocycles. The van der Waals surface area contributed by atoms with E-state index in [2.05, 4.69) is 26.9 Å². The van der Waals surface area contributed by atoms with Crippen LogP contribution in [0.5, 0.6) is 5.75 Å². The second kappa shape index (κ2) is 8.51. The summed E-state index contributed by atoms with van der Waals surface area (Å²) in [7, 11) is 1.53. The Labute approximate surface area is 162 Å². The summed E-state index contributed by atoms with van der Waals surface area (Å²) in [6, 6.07) is 16.5. The Morgan fingerprint density at radius 3 is 2.63 bits per heavy atom. The van der Waals surface area contributed by atoms with Gasteiger partial charge in [0.05, 0.1) is 12.1 Å². The molecular formula is C20H19ClN4O2. The molecule has 1 aromatic heterocycles.